The molecule has 4 aromatic rings. The van der Waals surface area contributed by atoms with Crippen LogP contribution in [0, 0.1) is 6.92 Å². The van der Waals surface area contributed by atoms with Gasteiger partial charge < -0.3 is 18.5 Å². The van der Waals surface area contributed by atoms with Crippen LogP contribution in [0.4, 0.5) is 0 Å². The van der Waals surface area contributed by atoms with Crippen molar-refractivity contribution in [1.82, 2.24) is 19.2 Å². The molecule has 1 fully saturated rings. The zero-order valence-electron chi connectivity index (χ0n) is 19.5. The maximum Gasteiger partial charge on any atom is 0.339 e. The number of imidazole rings is 1. The highest BCUT2D eigenvalue weighted by Crippen LogP contribution is 2.24. The molecule has 1 aliphatic rings. The molecule has 0 saturated carbocycles. The average molecular weight is 461 g/mol. The number of piperazine rings is 1. The zero-order chi connectivity index (χ0) is 23.7. The Kier molecular flexibility index (Phi) is 6.06. The van der Waals surface area contributed by atoms with E-state index in [4.69, 9.17) is 9.15 Å². The van der Waals surface area contributed by atoms with Crippen LogP contribution in [-0.2, 0) is 17.8 Å². The van der Waals surface area contributed by atoms with Crippen LogP contribution in [0.2, 0.25) is 0 Å². The van der Waals surface area contributed by atoms with Crippen LogP contribution in [-0.4, -0.2) is 58.4 Å². The molecular formula is C26H28N4O4. The predicted molar refractivity (Wildman–Crippen MR) is 129 cm³/mol. The van der Waals surface area contributed by atoms with E-state index in [1.807, 2.05) is 52.8 Å². The summed E-state index contributed by atoms with van der Waals surface area (Å²) in [6.07, 6.45) is 4.72. The summed E-state index contributed by atoms with van der Waals surface area (Å²) in [5.74, 6) is 0.708. The van der Waals surface area contributed by atoms with Gasteiger partial charge in [-0.25, -0.2) is 9.78 Å². The number of carbonyl (C=O) groups is 1. The number of aromatic nitrogens is 2. The van der Waals surface area contributed by atoms with Gasteiger partial charge in [-0.1, -0.05) is 6.07 Å². The van der Waals surface area contributed by atoms with Crippen molar-refractivity contribution in [2.75, 3.05) is 33.3 Å². The molecule has 4 heterocycles. The number of hydrogen-bond acceptors (Lipinski definition) is 6. The van der Waals surface area contributed by atoms with E-state index in [0.29, 0.717) is 42.8 Å². The molecule has 176 valence electrons. The summed E-state index contributed by atoms with van der Waals surface area (Å²) in [5, 5.41) is 0.864. The van der Waals surface area contributed by atoms with Gasteiger partial charge in [-0.05, 0) is 43.2 Å². The van der Waals surface area contributed by atoms with E-state index in [9.17, 15) is 9.59 Å². The third-order valence-electron chi connectivity index (χ3n) is 6.61. The fraction of sp³-hybridized carbons (Fsp3) is 0.346. The Hall–Kier alpha value is -3.65. The average Bonchev–Trinajstić information content (AvgIpc) is 3.26. The quantitative estimate of drug-likeness (QED) is 0.412. The van der Waals surface area contributed by atoms with Gasteiger partial charge in [0.25, 0.3) is 0 Å². The SMILES string of the molecule is COc1ccc2c(C)c(CCC(=O)N3CCN(Cc4cn5ccccc5n4)CC3)c(=O)oc2c1. The largest absolute Gasteiger partial charge is 0.497 e. The molecule has 1 aromatic carbocycles. The summed E-state index contributed by atoms with van der Waals surface area (Å²) in [6.45, 7) is 5.64. The van der Waals surface area contributed by atoms with Gasteiger partial charge in [-0.3, -0.25) is 9.69 Å². The Labute approximate surface area is 197 Å². The molecule has 0 radical (unpaired) electrons. The number of nitrogens with zero attached hydrogens (tertiary/aromatic N) is 4. The number of carbonyl (C=O) groups excluding carboxylic acids is 1. The highest BCUT2D eigenvalue weighted by molar-refractivity contribution is 5.82. The Morgan fingerprint density at radius 3 is 2.74 bits per heavy atom. The molecule has 1 amide bonds. The summed E-state index contributed by atoms with van der Waals surface area (Å²) in [6, 6.07) is 11.4. The fourth-order valence-corrected chi connectivity index (χ4v) is 4.63. The van der Waals surface area contributed by atoms with Gasteiger partial charge in [0.2, 0.25) is 5.91 Å². The topological polar surface area (TPSA) is 80.3 Å². The van der Waals surface area contributed by atoms with Crippen LogP contribution in [0.25, 0.3) is 16.6 Å². The second-order valence-corrected chi connectivity index (χ2v) is 8.71. The van der Waals surface area contributed by atoms with Crippen LogP contribution in [0.15, 0.2) is 58.0 Å². The molecule has 0 bridgehead atoms. The van der Waals surface area contributed by atoms with E-state index in [2.05, 4.69) is 16.1 Å². The molecule has 3 aromatic heterocycles. The Balaban J connectivity index is 1.18. The van der Waals surface area contributed by atoms with Crippen LogP contribution in [0.1, 0.15) is 23.2 Å². The summed E-state index contributed by atoms with van der Waals surface area (Å²) < 4.78 is 12.7. The molecule has 8 heteroatoms. The van der Waals surface area contributed by atoms with Crippen LogP contribution >= 0.6 is 0 Å². The number of hydrogen-bond donors (Lipinski definition) is 0. The van der Waals surface area contributed by atoms with Crippen LogP contribution in [0.3, 0.4) is 0 Å². The maximum atomic E-state index is 12.9. The lowest BCUT2D eigenvalue weighted by Gasteiger charge is -2.34. The van der Waals surface area contributed by atoms with Crippen molar-refractivity contribution < 1.29 is 13.9 Å². The fourth-order valence-electron chi connectivity index (χ4n) is 4.63. The lowest BCUT2D eigenvalue weighted by Crippen LogP contribution is -2.48. The first kappa shape index (κ1) is 22.2. The third kappa shape index (κ3) is 4.41. The van der Waals surface area contributed by atoms with Crippen LogP contribution in [0.5, 0.6) is 5.75 Å². The number of benzene rings is 1. The molecule has 0 atom stereocenters. The minimum Gasteiger partial charge on any atom is -0.497 e. The third-order valence-corrected chi connectivity index (χ3v) is 6.61. The zero-order valence-corrected chi connectivity index (χ0v) is 19.5. The smallest absolute Gasteiger partial charge is 0.339 e. The van der Waals surface area contributed by atoms with E-state index in [1.165, 1.54) is 0 Å². The second-order valence-electron chi connectivity index (χ2n) is 8.71. The van der Waals surface area contributed by atoms with Crippen molar-refractivity contribution in [1.29, 1.82) is 0 Å². The molecule has 5 rings (SSSR count). The summed E-state index contributed by atoms with van der Waals surface area (Å²) in [4.78, 5) is 34.3. The van der Waals surface area contributed by atoms with Gasteiger partial charge in [0, 0.05) is 68.6 Å². The molecule has 0 N–H and O–H groups in total. The van der Waals surface area contributed by atoms with Crippen molar-refractivity contribution in [2.45, 2.75) is 26.3 Å². The Morgan fingerprint density at radius 2 is 1.97 bits per heavy atom. The molecule has 1 saturated heterocycles. The number of fused-ring (bicyclic) bond motifs is 2. The number of ether oxygens (including phenoxy) is 1. The summed E-state index contributed by atoms with van der Waals surface area (Å²) in [7, 11) is 1.57. The van der Waals surface area contributed by atoms with Crippen molar-refractivity contribution in [3.05, 3.63) is 76.0 Å². The first-order valence-corrected chi connectivity index (χ1v) is 11.5. The van der Waals surface area contributed by atoms with Gasteiger partial charge in [0.15, 0.2) is 0 Å². The number of pyridine rings is 1. The number of rotatable bonds is 6. The lowest BCUT2D eigenvalue weighted by molar-refractivity contribution is -0.133. The molecule has 0 aliphatic carbocycles. The van der Waals surface area contributed by atoms with E-state index in [0.717, 1.165) is 41.9 Å². The second kappa shape index (κ2) is 9.30. The maximum absolute atomic E-state index is 12.9. The van der Waals surface area contributed by atoms with Crippen molar-refractivity contribution >= 4 is 22.5 Å². The van der Waals surface area contributed by atoms with Crippen molar-refractivity contribution in [3.63, 3.8) is 0 Å². The molecule has 0 unspecified atom stereocenters. The molecule has 0 spiro atoms. The minimum atomic E-state index is -0.386. The molecule has 1 aliphatic heterocycles. The normalized spacial score (nSPS) is 14.7. The van der Waals surface area contributed by atoms with E-state index < -0.39 is 0 Å². The van der Waals surface area contributed by atoms with E-state index in [-0.39, 0.29) is 11.5 Å². The summed E-state index contributed by atoms with van der Waals surface area (Å²) >= 11 is 0. The van der Waals surface area contributed by atoms with E-state index >= 15 is 0 Å². The Bertz CT molecular complexity index is 1370. The Morgan fingerprint density at radius 1 is 1.15 bits per heavy atom. The number of methoxy groups -OCH3 is 1. The number of aryl methyl sites for hydroxylation is 1. The lowest BCUT2D eigenvalue weighted by atomic mass is 10.0. The van der Waals surface area contributed by atoms with Crippen LogP contribution < -0.4 is 10.4 Å². The van der Waals surface area contributed by atoms with Crippen molar-refractivity contribution in [2.24, 2.45) is 0 Å². The van der Waals surface area contributed by atoms with Gasteiger partial charge >= 0.3 is 5.63 Å². The monoisotopic (exact) mass is 460 g/mol. The molecule has 34 heavy (non-hydrogen) atoms. The predicted octanol–water partition coefficient (Wildman–Crippen LogP) is 3.03. The molecule has 8 nitrogen and oxygen atoms in total. The number of amides is 1. The summed E-state index contributed by atoms with van der Waals surface area (Å²) in [5.41, 5.74) is 3.51. The van der Waals surface area contributed by atoms with Gasteiger partial charge in [-0.2, -0.15) is 0 Å². The highest BCUT2D eigenvalue weighted by Gasteiger charge is 2.22. The minimum absolute atomic E-state index is 0.0704. The van der Waals surface area contributed by atoms with Gasteiger partial charge in [-0.15, -0.1) is 0 Å². The standard InChI is InChI=1S/C26H28N4O4/c1-18-21-7-6-20(33-2)15-23(21)34-26(32)22(18)8-9-25(31)29-13-11-28(12-14-29)16-19-17-30-10-4-3-5-24(30)27-19/h3-7,10,15,17H,8-9,11-14,16H2,1-2H3. The van der Waals surface area contributed by atoms with Gasteiger partial charge in [0.05, 0.1) is 12.8 Å². The van der Waals surface area contributed by atoms with Gasteiger partial charge in [0.1, 0.15) is 17.0 Å². The van der Waals surface area contributed by atoms with E-state index in [1.54, 1.807) is 13.2 Å². The highest BCUT2D eigenvalue weighted by atomic mass is 16.5. The molecular weight excluding hydrogens is 432 g/mol. The van der Waals surface area contributed by atoms with Crippen molar-refractivity contribution in [3.8, 4) is 5.75 Å². The first-order chi connectivity index (χ1) is 16.5. The first-order valence-electron chi connectivity index (χ1n) is 11.5.